The molecule has 0 aromatic heterocycles. The number of carbonyl (C=O) groups is 1. The first-order chi connectivity index (χ1) is 10.6. The molecule has 4 rings (SSSR count). The predicted molar refractivity (Wildman–Crippen MR) is 79.8 cm³/mol. The molecule has 1 saturated carbocycles. The van der Waals surface area contributed by atoms with Crippen molar-refractivity contribution in [3.8, 4) is 5.75 Å². The third kappa shape index (κ3) is 2.29. The van der Waals surface area contributed by atoms with E-state index in [0.29, 0.717) is 49.9 Å². The van der Waals surface area contributed by atoms with E-state index in [1.54, 1.807) is 0 Å². The maximum absolute atomic E-state index is 12.7. The molecule has 0 bridgehead atoms. The highest BCUT2D eigenvalue weighted by Crippen LogP contribution is 2.37. The van der Waals surface area contributed by atoms with Crippen LogP contribution in [-0.2, 0) is 6.42 Å². The fourth-order valence-corrected chi connectivity index (χ4v) is 4.08. The summed E-state index contributed by atoms with van der Waals surface area (Å²) in [6, 6.07) is 5.65. The number of hydrogen-bond acceptors (Lipinski definition) is 4. The van der Waals surface area contributed by atoms with Gasteiger partial charge in [-0.2, -0.15) is 0 Å². The quantitative estimate of drug-likeness (QED) is 0.806. The van der Waals surface area contributed by atoms with Crippen LogP contribution in [-0.4, -0.2) is 52.9 Å². The van der Waals surface area contributed by atoms with Crippen LogP contribution in [0.15, 0.2) is 18.2 Å². The fourth-order valence-electron chi connectivity index (χ4n) is 4.08. The number of fused-ring (bicyclic) bond motifs is 2. The average Bonchev–Trinajstić information content (AvgIpc) is 3.12. The number of benzene rings is 1. The van der Waals surface area contributed by atoms with Gasteiger partial charge in [-0.15, -0.1) is 0 Å². The molecule has 5 nitrogen and oxygen atoms in total. The molecule has 1 aromatic carbocycles. The van der Waals surface area contributed by atoms with Gasteiger partial charge in [0, 0.05) is 25.1 Å². The molecule has 4 atom stereocenters. The number of aliphatic hydroxyl groups is 2. The minimum atomic E-state index is -0.645. The molecule has 1 amide bonds. The first-order valence-electron chi connectivity index (χ1n) is 8.03. The predicted octanol–water partition coefficient (Wildman–Crippen LogP) is 0.825. The van der Waals surface area contributed by atoms with Gasteiger partial charge >= 0.3 is 0 Å². The summed E-state index contributed by atoms with van der Waals surface area (Å²) in [5.74, 6) is 1.55. The van der Waals surface area contributed by atoms with Crippen LogP contribution < -0.4 is 4.74 Å². The molecule has 0 unspecified atom stereocenters. The standard InChI is InChI=1S/C17H21NO4/c19-14-6-12-8-18(9-13(12)7-15(14)20)17(21)11-1-2-16-10(5-11)3-4-22-16/h1-2,5,12-15,19-20H,3-4,6-9H2/t12-,13+,14+,15-. The number of aliphatic hydroxyl groups excluding tert-OH is 2. The minimum Gasteiger partial charge on any atom is -0.493 e. The van der Waals surface area contributed by atoms with E-state index < -0.39 is 12.2 Å². The van der Waals surface area contributed by atoms with Crippen LogP contribution in [0.4, 0.5) is 0 Å². The number of hydrogen-bond donors (Lipinski definition) is 2. The van der Waals surface area contributed by atoms with Crippen molar-refractivity contribution in [1.82, 2.24) is 4.90 Å². The zero-order chi connectivity index (χ0) is 15.3. The topological polar surface area (TPSA) is 70.0 Å². The lowest BCUT2D eigenvalue weighted by atomic mass is 9.79. The molecule has 22 heavy (non-hydrogen) atoms. The van der Waals surface area contributed by atoms with Crippen LogP contribution in [0.3, 0.4) is 0 Å². The second-order valence-electron chi connectivity index (χ2n) is 6.76. The van der Waals surface area contributed by atoms with E-state index in [4.69, 9.17) is 4.74 Å². The Balaban J connectivity index is 1.50. The number of nitrogens with zero attached hydrogens (tertiary/aromatic N) is 1. The third-order valence-corrected chi connectivity index (χ3v) is 5.33. The van der Waals surface area contributed by atoms with Crippen molar-refractivity contribution < 1.29 is 19.7 Å². The van der Waals surface area contributed by atoms with Crippen LogP contribution in [0, 0.1) is 11.8 Å². The molecule has 0 radical (unpaired) electrons. The normalized spacial score (nSPS) is 33.3. The van der Waals surface area contributed by atoms with Crippen LogP contribution in [0.2, 0.25) is 0 Å². The summed E-state index contributed by atoms with van der Waals surface area (Å²) < 4.78 is 5.48. The summed E-state index contributed by atoms with van der Waals surface area (Å²) in [7, 11) is 0. The Kier molecular flexibility index (Phi) is 3.35. The highest BCUT2D eigenvalue weighted by atomic mass is 16.5. The number of likely N-dealkylation sites (tertiary alicyclic amines) is 1. The molecule has 0 spiro atoms. The lowest BCUT2D eigenvalue weighted by molar-refractivity contribution is -0.0372. The van der Waals surface area contributed by atoms with Gasteiger partial charge in [0.1, 0.15) is 5.75 Å². The summed E-state index contributed by atoms with van der Waals surface area (Å²) in [5.41, 5.74) is 1.82. The first kappa shape index (κ1) is 14.0. The van der Waals surface area contributed by atoms with E-state index >= 15 is 0 Å². The fraction of sp³-hybridized carbons (Fsp3) is 0.588. The Hall–Kier alpha value is -1.59. The number of ether oxygens (including phenoxy) is 1. The van der Waals surface area contributed by atoms with Gasteiger partial charge in [-0.05, 0) is 48.4 Å². The highest BCUT2D eigenvalue weighted by molar-refractivity contribution is 5.95. The van der Waals surface area contributed by atoms with Crippen LogP contribution in [0.1, 0.15) is 28.8 Å². The van der Waals surface area contributed by atoms with Gasteiger partial charge in [0.15, 0.2) is 0 Å². The molecule has 2 heterocycles. The maximum Gasteiger partial charge on any atom is 0.253 e. The van der Waals surface area contributed by atoms with Crippen LogP contribution >= 0.6 is 0 Å². The van der Waals surface area contributed by atoms with Gasteiger partial charge in [0.25, 0.3) is 5.91 Å². The molecule has 5 heteroatoms. The van der Waals surface area contributed by atoms with Gasteiger partial charge in [0.05, 0.1) is 18.8 Å². The smallest absolute Gasteiger partial charge is 0.253 e. The van der Waals surface area contributed by atoms with Gasteiger partial charge in [-0.1, -0.05) is 0 Å². The molecule has 2 N–H and O–H groups in total. The summed E-state index contributed by atoms with van der Waals surface area (Å²) in [4.78, 5) is 14.6. The largest absolute Gasteiger partial charge is 0.493 e. The Bertz CT molecular complexity index is 584. The highest BCUT2D eigenvalue weighted by Gasteiger charge is 2.42. The Labute approximate surface area is 129 Å². The third-order valence-electron chi connectivity index (χ3n) is 5.33. The lowest BCUT2D eigenvalue weighted by Crippen LogP contribution is -2.38. The second kappa shape index (κ2) is 5.25. The molecule has 118 valence electrons. The number of carbonyl (C=O) groups excluding carboxylic acids is 1. The monoisotopic (exact) mass is 303 g/mol. The molecule has 1 aliphatic carbocycles. The lowest BCUT2D eigenvalue weighted by Gasteiger charge is -2.31. The Morgan fingerprint density at radius 2 is 1.82 bits per heavy atom. The zero-order valence-electron chi connectivity index (χ0n) is 12.4. The van der Waals surface area contributed by atoms with E-state index in [1.807, 2.05) is 23.1 Å². The summed E-state index contributed by atoms with van der Waals surface area (Å²) in [6.45, 7) is 2.05. The second-order valence-corrected chi connectivity index (χ2v) is 6.76. The van der Waals surface area contributed by atoms with Gasteiger partial charge in [-0.25, -0.2) is 0 Å². The van der Waals surface area contributed by atoms with Gasteiger partial charge < -0.3 is 19.8 Å². The van der Waals surface area contributed by atoms with E-state index in [-0.39, 0.29) is 5.91 Å². The van der Waals surface area contributed by atoms with Crippen molar-refractivity contribution in [3.05, 3.63) is 29.3 Å². The SMILES string of the molecule is O=C(c1ccc2c(c1)CCO2)N1C[C@H]2C[C@H](O)[C@H](O)C[C@H]2C1. The molecule has 3 aliphatic rings. The first-order valence-corrected chi connectivity index (χ1v) is 8.03. The van der Waals surface area contributed by atoms with Gasteiger partial charge in [0.2, 0.25) is 0 Å². The summed E-state index contributed by atoms with van der Waals surface area (Å²) in [5, 5.41) is 19.6. The minimum absolute atomic E-state index is 0.0491. The number of rotatable bonds is 1. The molecule has 2 aliphatic heterocycles. The summed E-state index contributed by atoms with van der Waals surface area (Å²) in [6.07, 6.45) is 0.753. The number of amides is 1. The van der Waals surface area contributed by atoms with Crippen molar-refractivity contribution in [1.29, 1.82) is 0 Å². The van der Waals surface area contributed by atoms with E-state index in [9.17, 15) is 15.0 Å². The van der Waals surface area contributed by atoms with E-state index in [1.165, 1.54) is 0 Å². The van der Waals surface area contributed by atoms with Crippen molar-refractivity contribution in [3.63, 3.8) is 0 Å². The summed E-state index contributed by atoms with van der Waals surface area (Å²) >= 11 is 0. The van der Waals surface area contributed by atoms with Gasteiger partial charge in [-0.3, -0.25) is 4.79 Å². The van der Waals surface area contributed by atoms with E-state index in [2.05, 4.69) is 0 Å². The van der Waals surface area contributed by atoms with Crippen molar-refractivity contribution >= 4 is 5.91 Å². The molecule has 1 saturated heterocycles. The average molecular weight is 303 g/mol. The van der Waals surface area contributed by atoms with Crippen LogP contribution in [0.25, 0.3) is 0 Å². The van der Waals surface area contributed by atoms with Crippen LogP contribution in [0.5, 0.6) is 5.75 Å². The molecular formula is C17H21NO4. The van der Waals surface area contributed by atoms with E-state index in [0.717, 1.165) is 17.7 Å². The van der Waals surface area contributed by atoms with Crippen molar-refractivity contribution in [2.75, 3.05) is 19.7 Å². The molecule has 2 fully saturated rings. The van der Waals surface area contributed by atoms with Crippen molar-refractivity contribution in [2.24, 2.45) is 11.8 Å². The Morgan fingerprint density at radius 3 is 2.50 bits per heavy atom. The molecular weight excluding hydrogens is 282 g/mol. The maximum atomic E-state index is 12.7. The molecule has 1 aromatic rings. The zero-order valence-corrected chi connectivity index (χ0v) is 12.4. The Morgan fingerprint density at radius 1 is 1.14 bits per heavy atom. The van der Waals surface area contributed by atoms with Crippen molar-refractivity contribution in [2.45, 2.75) is 31.5 Å².